The fourth-order valence-corrected chi connectivity index (χ4v) is 5.31. The van der Waals surface area contributed by atoms with E-state index in [0.29, 0.717) is 0 Å². The van der Waals surface area contributed by atoms with Crippen LogP contribution in [0.4, 0.5) is 4.39 Å². The van der Waals surface area contributed by atoms with E-state index in [1.807, 2.05) is 4.98 Å². The molecule has 0 amide bonds. The zero-order chi connectivity index (χ0) is 27.5. The summed E-state index contributed by atoms with van der Waals surface area (Å²) in [7, 11) is -4.32. The standard InChI is InChI=1S/C22H28BrFN3O9P/c1-12(2)34-19(30)13(3)26-37(32,36-14-8-6-5-7-9-14)33-11-16-17(28)22(4,24)20(35-16)27-10-15(23)18(29)25-21(27)31/h5-10,12-13,16-17,20,28H,11H2,1-4H3,(H,26,32)(H,25,29,31). The Bertz CT molecular complexity index is 1270. The van der Waals surface area contributed by atoms with Gasteiger partial charge in [-0.05, 0) is 55.8 Å². The second-order valence-corrected chi connectivity index (χ2v) is 11.3. The highest BCUT2D eigenvalue weighted by Gasteiger charge is 2.56. The number of aromatic amines is 1. The Labute approximate surface area is 219 Å². The van der Waals surface area contributed by atoms with Crippen molar-refractivity contribution in [2.24, 2.45) is 0 Å². The van der Waals surface area contributed by atoms with Crippen molar-refractivity contribution in [3.63, 3.8) is 0 Å². The quantitative estimate of drug-likeness (QED) is 0.270. The van der Waals surface area contributed by atoms with Gasteiger partial charge in [-0.15, -0.1) is 0 Å². The third kappa shape index (κ3) is 6.95. The summed E-state index contributed by atoms with van der Waals surface area (Å²) in [5, 5.41) is 13.1. The SMILES string of the molecule is CC(C)OC(=O)C(C)NP(=O)(OCC1OC(n2cc(Br)c(=O)[nH]c2=O)C(C)(F)C1O)Oc1ccccc1. The summed E-state index contributed by atoms with van der Waals surface area (Å²) >= 11 is 2.96. The largest absolute Gasteiger partial charge is 0.462 e. The van der Waals surface area contributed by atoms with E-state index in [9.17, 15) is 24.1 Å². The molecule has 0 saturated carbocycles. The van der Waals surface area contributed by atoms with E-state index in [2.05, 4.69) is 21.0 Å². The molecule has 1 saturated heterocycles. The van der Waals surface area contributed by atoms with E-state index in [0.717, 1.165) is 17.7 Å². The average Bonchev–Trinajstić information content (AvgIpc) is 3.03. The van der Waals surface area contributed by atoms with E-state index in [-0.39, 0.29) is 10.2 Å². The zero-order valence-electron chi connectivity index (χ0n) is 20.4. The lowest BCUT2D eigenvalue weighted by atomic mass is 9.98. The van der Waals surface area contributed by atoms with Crippen LogP contribution < -0.4 is 20.9 Å². The first-order valence-corrected chi connectivity index (χ1v) is 13.6. The van der Waals surface area contributed by atoms with Crippen molar-refractivity contribution in [2.75, 3.05) is 6.61 Å². The van der Waals surface area contributed by atoms with Crippen LogP contribution in [0.3, 0.4) is 0 Å². The molecule has 1 aromatic carbocycles. The number of alkyl halides is 1. The van der Waals surface area contributed by atoms with Gasteiger partial charge in [0, 0.05) is 6.20 Å². The lowest BCUT2D eigenvalue weighted by Gasteiger charge is -2.25. The number of halogens is 2. The molecule has 0 bridgehead atoms. The smallest absolute Gasteiger partial charge is 0.459 e. The van der Waals surface area contributed by atoms with Gasteiger partial charge >= 0.3 is 19.4 Å². The van der Waals surface area contributed by atoms with Crippen molar-refractivity contribution in [3.8, 4) is 5.75 Å². The second-order valence-electron chi connectivity index (χ2n) is 8.80. The van der Waals surface area contributed by atoms with E-state index >= 15 is 4.39 Å². The molecule has 3 rings (SSSR count). The van der Waals surface area contributed by atoms with Crippen molar-refractivity contribution < 1.29 is 37.4 Å². The number of carbonyl (C=O) groups excluding carboxylic acids is 1. The Kier molecular flexibility index (Phi) is 9.14. The van der Waals surface area contributed by atoms with Gasteiger partial charge in [-0.2, -0.15) is 5.09 Å². The van der Waals surface area contributed by atoms with Crippen molar-refractivity contribution in [3.05, 3.63) is 61.8 Å². The number of nitrogens with one attached hydrogen (secondary N) is 2. The molecule has 0 aliphatic carbocycles. The number of aliphatic hydroxyl groups is 1. The Morgan fingerprint density at radius 3 is 2.59 bits per heavy atom. The Hall–Kier alpha value is -2.35. The van der Waals surface area contributed by atoms with Gasteiger partial charge in [-0.3, -0.25) is 23.7 Å². The van der Waals surface area contributed by atoms with Gasteiger partial charge in [0.2, 0.25) is 0 Å². The zero-order valence-corrected chi connectivity index (χ0v) is 22.9. The molecular weight excluding hydrogens is 580 g/mol. The Balaban J connectivity index is 1.82. The lowest BCUT2D eigenvalue weighted by molar-refractivity contribution is -0.149. The fourth-order valence-electron chi connectivity index (χ4n) is 3.49. The number of carbonyl (C=O) groups is 1. The molecule has 2 heterocycles. The fraction of sp³-hybridized carbons (Fsp3) is 0.500. The number of nitrogens with zero attached hydrogens (tertiary/aromatic N) is 1. The van der Waals surface area contributed by atoms with Crippen LogP contribution in [0.5, 0.6) is 5.75 Å². The molecule has 37 heavy (non-hydrogen) atoms. The molecule has 15 heteroatoms. The molecule has 1 fully saturated rings. The van der Waals surface area contributed by atoms with E-state index < -0.39 is 67.8 Å². The molecule has 12 nitrogen and oxygen atoms in total. The van der Waals surface area contributed by atoms with Gasteiger partial charge in [0.25, 0.3) is 5.56 Å². The summed E-state index contributed by atoms with van der Waals surface area (Å²) < 4.78 is 51.5. The Morgan fingerprint density at radius 2 is 1.97 bits per heavy atom. The van der Waals surface area contributed by atoms with E-state index in [1.165, 1.54) is 19.1 Å². The number of H-pyrrole nitrogens is 1. The first kappa shape index (κ1) is 29.2. The predicted octanol–water partition coefficient (Wildman–Crippen LogP) is 2.42. The van der Waals surface area contributed by atoms with Crippen LogP contribution in [0.15, 0.2) is 50.6 Å². The van der Waals surface area contributed by atoms with Gasteiger partial charge in [0.1, 0.15) is 24.0 Å². The van der Waals surface area contributed by atoms with Crippen molar-refractivity contribution >= 4 is 29.6 Å². The summed E-state index contributed by atoms with van der Waals surface area (Å²) in [5.74, 6) is -0.569. The molecule has 204 valence electrons. The van der Waals surface area contributed by atoms with E-state index in [4.69, 9.17) is 18.5 Å². The van der Waals surface area contributed by atoms with Gasteiger partial charge in [0.05, 0.1) is 17.2 Å². The number of rotatable bonds is 10. The topological polar surface area (TPSA) is 158 Å². The number of aromatic nitrogens is 2. The minimum atomic E-state index is -4.32. The first-order chi connectivity index (χ1) is 17.2. The van der Waals surface area contributed by atoms with E-state index in [1.54, 1.807) is 32.0 Å². The van der Waals surface area contributed by atoms with Crippen LogP contribution >= 0.6 is 23.7 Å². The number of benzene rings is 1. The molecule has 6 unspecified atom stereocenters. The molecule has 0 spiro atoms. The van der Waals surface area contributed by atoms with Gasteiger partial charge in [0.15, 0.2) is 11.9 Å². The minimum Gasteiger partial charge on any atom is -0.462 e. The maximum Gasteiger partial charge on any atom is 0.459 e. The number of para-hydroxylation sites is 1. The third-order valence-corrected chi connectivity index (χ3v) is 7.54. The summed E-state index contributed by atoms with van der Waals surface area (Å²) in [4.78, 5) is 38.2. The highest BCUT2D eigenvalue weighted by atomic mass is 79.9. The maximum absolute atomic E-state index is 15.5. The average molecular weight is 608 g/mol. The second kappa shape index (κ2) is 11.6. The third-order valence-electron chi connectivity index (χ3n) is 5.33. The van der Waals surface area contributed by atoms with Crippen LogP contribution in [0.1, 0.15) is 33.9 Å². The highest BCUT2D eigenvalue weighted by Crippen LogP contribution is 2.47. The Morgan fingerprint density at radius 1 is 1.32 bits per heavy atom. The van der Waals surface area contributed by atoms with Crippen LogP contribution in [-0.2, 0) is 23.4 Å². The number of esters is 1. The molecule has 6 atom stereocenters. The highest BCUT2D eigenvalue weighted by molar-refractivity contribution is 9.10. The molecule has 1 aliphatic heterocycles. The summed E-state index contributed by atoms with van der Waals surface area (Å²) in [6.07, 6.45) is -4.29. The lowest BCUT2D eigenvalue weighted by Crippen LogP contribution is -2.44. The summed E-state index contributed by atoms with van der Waals surface area (Å²) in [5.41, 5.74) is -4.20. The maximum atomic E-state index is 15.5. The normalized spacial score (nSPS) is 26.0. The van der Waals surface area contributed by atoms with Crippen molar-refractivity contribution in [2.45, 2.75) is 63.9 Å². The van der Waals surface area contributed by atoms with Crippen molar-refractivity contribution in [1.29, 1.82) is 0 Å². The molecule has 3 N–H and O–H groups in total. The number of hydrogen-bond acceptors (Lipinski definition) is 9. The molecule has 2 aromatic rings. The number of aliphatic hydroxyl groups excluding tert-OH is 1. The van der Waals surface area contributed by atoms with Crippen LogP contribution in [0.2, 0.25) is 0 Å². The first-order valence-electron chi connectivity index (χ1n) is 11.2. The summed E-state index contributed by atoms with van der Waals surface area (Å²) in [6, 6.07) is 6.84. The predicted molar refractivity (Wildman–Crippen MR) is 133 cm³/mol. The van der Waals surface area contributed by atoms with Crippen LogP contribution in [-0.4, -0.2) is 57.3 Å². The molecule has 0 radical (unpaired) electrons. The number of ether oxygens (including phenoxy) is 2. The van der Waals surface area contributed by atoms with Crippen molar-refractivity contribution in [1.82, 2.24) is 14.6 Å². The van der Waals surface area contributed by atoms with Gasteiger partial charge in [-0.1, -0.05) is 18.2 Å². The minimum absolute atomic E-state index is 0.0621. The number of hydrogen-bond donors (Lipinski definition) is 3. The summed E-state index contributed by atoms with van der Waals surface area (Å²) in [6.45, 7) is 5.05. The monoisotopic (exact) mass is 607 g/mol. The van der Waals surface area contributed by atoms with Gasteiger partial charge < -0.3 is 19.1 Å². The van der Waals surface area contributed by atoms with Crippen LogP contribution in [0.25, 0.3) is 0 Å². The molecule has 1 aliphatic rings. The van der Waals surface area contributed by atoms with Crippen LogP contribution in [0, 0.1) is 0 Å². The molecule has 1 aromatic heterocycles. The van der Waals surface area contributed by atoms with Gasteiger partial charge in [-0.25, -0.2) is 13.8 Å². The molecular formula is C22H28BrFN3O9P.